The van der Waals surface area contributed by atoms with Crippen LogP contribution in [0.2, 0.25) is 18.1 Å². The van der Waals surface area contributed by atoms with Crippen LogP contribution < -0.4 is 0 Å². The fourth-order valence-electron chi connectivity index (χ4n) is 2.02. The minimum Gasteiger partial charge on any atom is -0.416 e. The molecule has 0 unspecified atom stereocenters. The highest BCUT2D eigenvalue weighted by Gasteiger charge is 2.36. The van der Waals surface area contributed by atoms with Crippen LogP contribution in [-0.4, -0.2) is 19.9 Å². The topological polar surface area (TPSA) is 22.1 Å². The summed E-state index contributed by atoms with van der Waals surface area (Å²) in [4.78, 5) is 4.38. The third-order valence-electron chi connectivity index (χ3n) is 4.57. The summed E-state index contributed by atoms with van der Waals surface area (Å²) in [7, 11) is -1.63. The molecule has 0 aliphatic carbocycles. The molecule has 1 aromatic heterocycles. The Bertz CT molecular complexity index is 585. The average Bonchev–Trinajstić information content (AvgIpc) is 2.47. The minimum atomic E-state index is -1.63. The van der Waals surface area contributed by atoms with E-state index in [0.717, 1.165) is 24.3 Å². The molecule has 0 N–H and O–H groups in total. The lowest BCUT2D eigenvalue weighted by atomic mass is 10.1. The van der Waals surface area contributed by atoms with Crippen LogP contribution in [0.4, 0.5) is 0 Å². The van der Waals surface area contributed by atoms with E-state index in [1.54, 1.807) is 0 Å². The molecule has 3 heteroatoms. The van der Waals surface area contributed by atoms with Gasteiger partial charge < -0.3 is 4.43 Å². The summed E-state index contributed by atoms with van der Waals surface area (Å²) in [6.45, 7) is 12.2. The second kappa shape index (κ2) is 6.76. The zero-order chi connectivity index (χ0) is 16.2. The Morgan fingerprint density at radius 2 is 1.68 bits per heavy atom. The van der Waals surface area contributed by atoms with Gasteiger partial charge in [0.15, 0.2) is 8.32 Å². The van der Waals surface area contributed by atoms with Crippen molar-refractivity contribution in [3.05, 3.63) is 54.2 Å². The predicted octanol–water partition coefficient (Wildman–Crippen LogP) is 5.31. The monoisotopic (exact) mass is 313 g/mol. The standard InChI is InChI=1S/C19H27NOSi/c1-19(2,3)22(4,5)21-15-13-16-9-11-17(12-10-16)18-8-6-7-14-20-18/h6-12,14H,13,15H2,1-5H3. The van der Waals surface area contributed by atoms with Crippen molar-refractivity contribution in [3.8, 4) is 11.3 Å². The second-order valence-electron chi connectivity index (χ2n) is 7.27. The molecule has 0 saturated carbocycles. The SMILES string of the molecule is CC(C)(C)[Si](C)(C)OCCc1ccc(-c2ccccn2)cc1. The zero-order valence-corrected chi connectivity index (χ0v) is 15.4. The van der Waals surface area contributed by atoms with Crippen LogP contribution in [0.5, 0.6) is 0 Å². The molecule has 2 rings (SSSR count). The fraction of sp³-hybridized carbons (Fsp3) is 0.421. The zero-order valence-electron chi connectivity index (χ0n) is 14.4. The molecule has 0 bridgehead atoms. The number of hydrogen-bond donors (Lipinski definition) is 0. The molecule has 118 valence electrons. The van der Waals surface area contributed by atoms with Crippen LogP contribution >= 0.6 is 0 Å². The van der Waals surface area contributed by atoms with Crippen molar-refractivity contribution in [2.24, 2.45) is 0 Å². The molecule has 22 heavy (non-hydrogen) atoms. The number of nitrogens with zero attached hydrogens (tertiary/aromatic N) is 1. The van der Waals surface area contributed by atoms with Crippen molar-refractivity contribution >= 4 is 8.32 Å². The average molecular weight is 314 g/mol. The highest BCUT2D eigenvalue weighted by Crippen LogP contribution is 2.36. The Balaban J connectivity index is 1.93. The molecular weight excluding hydrogens is 286 g/mol. The van der Waals surface area contributed by atoms with Gasteiger partial charge in [-0.3, -0.25) is 4.98 Å². The molecule has 0 aliphatic rings. The maximum absolute atomic E-state index is 6.24. The molecule has 1 aromatic carbocycles. The number of benzene rings is 1. The van der Waals surface area contributed by atoms with Gasteiger partial charge >= 0.3 is 0 Å². The lowest BCUT2D eigenvalue weighted by molar-refractivity contribution is 0.292. The van der Waals surface area contributed by atoms with E-state index in [2.05, 4.69) is 63.1 Å². The highest BCUT2D eigenvalue weighted by molar-refractivity contribution is 6.74. The van der Waals surface area contributed by atoms with Gasteiger partial charge in [0.1, 0.15) is 0 Å². The quantitative estimate of drug-likeness (QED) is 0.698. The first-order valence-electron chi connectivity index (χ1n) is 7.94. The maximum Gasteiger partial charge on any atom is 0.191 e. The molecule has 0 aliphatic heterocycles. The van der Waals surface area contributed by atoms with Crippen molar-refractivity contribution in [2.75, 3.05) is 6.61 Å². The summed E-state index contributed by atoms with van der Waals surface area (Å²) in [6, 6.07) is 14.6. The van der Waals surface area contributed by atoms with Crippen molar-refractivity contribution in [1.82, 2.24) is 4.98 Å². The van der Waals surface area contributed by atoms with Crippen molar-refractivity contribution in [3.63, 3.8) is 0 Å². The van der Waals surface area contributed by atoms with Crippen molar-refractivity contribution < 1.29 is 4.43 Å². The first kappa shape index (κ1) is 16.9. The third-order valence-corrected chi connectivity index (χ3v) is 9.11. The Hall–Kier alpha value is -1.45. The molecule has 0 atom stereocenters. The summed E-state index contributed by atoms with van der Waals surface area (Å²) in [5, 5.41) is 0.274. The molecule has 0 fully saturated rings. The van der Waals surface area contributed by atoms with E-state index in [9.17, 15) is 0 Å². The van der Waals surface area contributed by atoms with Gasteiger partial charge in [0.25, 0.3) is 0 Å². The summed E-state index contributed by atoms with van der Waals surface area (Å²) < 4.78 is 6.24. The predicted molar refractivity (Wildman–Crippen MR) is 96.5 cm³/mol. The van der Waals surface area contributed by atoms with Gasteiger partial charge in [0.05, 0.1) is 5.69 Å². The number of hydrogen-bond acceptors (Lipinski definition) is 2. The van der Waals surface area contributed by atoms with E-state index >= 15 is 0 Å². The van der Waals surface area contributed by atoms with Gasteiger partial charge in [-0.25, -0.2) is 0 Å². The van der Waals surface area contributed by atoms with Gasteiger partial charge in [0.2, 0.25) is 0 Å². The molecule has 2 aromatic rings. The Labute approximate surface area is 135 Å². The third kappa shape index (κ3) is 4.28. The Morgan fingerprint density at radius 3 is 2.23 bits per heavy atom. The van der Waals surface area contributed by atoms with Crippen LogP contribution in [0.3, 0.4) is 0 Å². The van der Waals surface area contributed by atoms with Gasteiger partial charge in [0, 0.05) is 18.4 Å². The van der Waals surface area contributed by atoms with Crippen molar-refractivity contribution in [1.29, 1.82) is 0 Å². The minimum absolute atomic E-state index is 0.274. The van der Waals surface area contributed by atoms with Gasteiger partial charge in [-0.05, 0) is 42.2 Å². The van der Waals surface area contributed by atoms with Crippen LogP contribution in [0.1, 0.15) is 26.3 Å². The molecule has 0 saturated heterocycles. The molecule has 2 nitrogen and oxygen atoms in total. The smallest absolute Gasteiger partial charge is 0.191 e. The second-order valence-corrected chi connectivity index (χ2v) is 12.1. The molecule has 1 heterocycles. The van der Waals surface area contributed by atoms with Crippen LogP contribution in [-0.2, 0) is 10.8 Å². The lowest BCUT2D eigenvalue weighted by Crippen LogP contribution is -2.41. The van der Waals surface area contributed by atoms with E-state index in [-0.39, 0.29) is 5.04 Å². The molecular formula is C19H27NOSi. The van der Waals surface area contributed by atoms with E-state index in [1.165, 1.54) is 5.56 Å². The number of pyridine rings is 1. The highest BCUT2D eigenvalue weighted by atomic mass is 28.4. The molecule has 0 spiro atoms. The summed E-state index contributed by atoms with van der Waals surface area (Å²) in [5.41, 5.74) is 3.50. The number of aromatic nitrogens is 1. The normalized spacial score (nSPS) is 12.4. The van der Waals surface area contributed by atoms with E-state index in [4.69, 9.17) is 4.43 Å². The Morgan fingerprint density at radius 1 is 1.00 bits per heavy atom. The summed E-state index contributed by atoms with van der Waals surface area (Å²) in [5.74, 6) is 0. The summed E-state index contributed by atoms with van der Waals surface area (Å²) in [6.07, 6.45) is 2.80. The number of rotatable bonds is 5. The largest absolute Gasteiger partial charge is 0.416 e. The van der Waals surface area contributed by atoms with Gasteiger partial charge in [-0.15, -0.1) is 0 Å². The molecule has 0 amide bonds. The van der Waals surface area contributed by atoms with Gasteiger partial charge in [-0.1, -0.05) is 51.1 Å². The van der Waals surface area contributed by atoms with E-state index in [0.29, 0.717) is 0 Å². The van der Waals surface area contributed by atoms with Gasteiger partial charge in [-0.2, -0.15) is 0 Å². The van der Waals surface area contributed by atoms with Crippen molar-refractivity contribution in [2.45, 2.75) is 45.3 Å². The molecule has 0 radical (unpaired) electrons. The maximum atomic E-state index is 6.24. The van der Waals surface area contributed by atoms with Crippen LogP contribution in [0, 0.1) is 0 Å². The fourth-order valence-corrected chi connectivity index (χ4v) is 3.06. The van der Waals surface area contributed by atoms with E-state index in [1.807, 2.05) is 24.4 Å². The summed E-state index contributed by atoms with van der Waals surface area (Å²) >= 11 is 0. The van der Waals surface area contributed by atoms with Crippen LogP contribution in [0.15, 0.2) is 48.7 Å². The van der Waals surface area contributed by atoms with Crippen LogP contribution in [0.25, 0.3) is 11.3 Å². The Kier molecular flexibility index (Phi) is 5.19. The first-order chi connectivity index (χ1) is 10.3. The lowest BCUT2D eigenvalue weighted by Gasteiger charge is -2.36. The first-order valence-corrected chi connectivity index (χ1v) is 10.8. The van der Waals surface area contributed by atoms with E-state index < -0.39 is 8.32 Å².